The zero-order chi connectivity index (χ0) is 10.8. The molecule has 0 spiro atoms. The van der Waals surface area contributed by atoms with Gasteiger partial charge in [-0.3, -0.25) is 0 Å². The molecule has 1 aromatic carbocycles. The van der Waals surface area contributed by atoms with Crippen LogP contribution < -0.4 is 10.6 Å². The van der Waals surface area contributed by atoms with E-state index in [1.54, 1.807) is 12.1 Å². The van der Waals surface area contributed by atoms with Crippen LogP contribution in [0.2, 0.25) is 0 Å². The second-order valence-corrected chi connectivity index (χ2v) is 3.77. The minimum Gasteiger partial charge on any atom is -0.399 e. The van der Waals surface area contributed by atoms with Gasteiger partial charge in [-0.05, 0) is 24.6 Å². The Hall–Kier alpha value is -1.76. The average molecular weight is 205 g/mol. The molecule has 3 nitrogen and oxygen atoms in total. The van der Waals surface area contributed by atoms with E-state index in [-0.39, 0.29) is 11.7 Å². The summed E-state index contributed by atoms with van der Waals surface area (Å²) >= 11 is 0. The van der Waals surface area contributed by atoms with E-state index in [1.165, 1.54) is 6.07 Å². The van der Waals surface area contributed by atoms with E-state index in [9.17, 15) is 4.39 Å². The number of hydrogen-bond donors (Lipinski definition) is 1. The van der Waals surface area contributed by atoms with E-state index in [0.717, 1.165) is 13.0 Å². The Labute approximate surface area is 87.9 Å². The van der Waals surface area contributed by atoms with Gasteiger partial charge in [0.25, 0.3) is 0 Å². The zero-order valence-electron chi connectivity index (χ0n) is 8.28. The third kappa shape index (κ3) is 1.86. The van der Waals surface area contributed by atoms with Gasteiger partial charge in [0.15, 0.2) is 0 Å². The van der Waals surface area contributed by atoms with Crippen molar-refractivity contribution in [1.82, 2.24) is 0 Å². The van der Waals surface area contributed by atoms with Crippen molar-refractivity contribution in [3.63, 3.8) is 0 Å². The molecule has 1 heterocycles. The Kier molecular flexibility index (Phi) is 2.46. The molecule has 15 heavy (non-hydrogen) atoms. The predicted octanol–water partition coefficient (Wildman–Crippen LogP) is 1.76. The van der Waals surface area contributed by atoms with Crippen molar-refractivity contribution >= 4 is 11.4 Å². The summed E-state index contributed by atoms with van der Waals surface area (Å²) in [4.78, 5) is 1.89. The smallest absolute Gasteiger partial charge is 0.148 e. The van der Waals surface area contributed by atoms with Crippen LogP contribution in [-0.2, 0) is 0 Å². The lowest BCUT2D eigenvalue weighted by atomic mass is 10.1. The Balaban J connectivity index is 2.21. The Morgan fingerprint density at radius 1 is 1.53 bits per heavy atom. The summed E-state index contributed by atoms with van der Waals surface area (Å²) in [6.45, 7) is 1.34. The number of nitrogen functional groups attached to an aromatic ring is 1. The predicted molar refractivity (Wildman–Crippen MR) is 56.7 cm³/mol. The first kappa shape index (κ1) is 9.78. The normalized spacial score (nSPS) is 20.3. The number of nitrogens with two attached hydrogens (primary N) is 1. The maximum absolute atomic E-state index is 13.5. The van der Waals surface area contributed by atoms with Crippen LogP contribution in [0.3, 0.4) is 0 Å². The molecule has 0 bridgehead atoms. The molecule has 0 amide bonds. The lowest BCUT2D eigenvalue weighted by Crippen LogP contribution is -2.20. The maximum Gasteiger partial charge on any atom is 0.148 e. The average Bonchev–Trinajstić information content (AvgIpc) is 2.66. The third-order valence-corrected chi connectivity index (χ3v) is 2.68. The largest absolute Gasteiger partial charge is 0.399 e. The Morgan fingerprint density at radius 2 is 2.33 bits per heavy atom. The van der Waals surface area contributed by atoms with Crippen molar-refractivity contribution in [2.24, 2.45) is 5.92 Å². The summed E-state index contributed by atoms with van der Waals surface area (Å²) in [7, 11) is 0. The molecular formula is C11H12FN3. The van der Waals surface area contributed by atoms with Gasteiger partial charge in [0.1, 0.15) is 5.82 Å². The van der Waals surface area contributed by atoms with Crippen molar-refractivity contribution in [2.75, 3.05) is 23.7 Å². The molecule has 0 aliphatic carbocycles. The monoisotopic (exact) mass is 205 g/mol. The van der Waals surface area contributed by atoms with Crippen molar-refractivity contribution in [1.29, 1.82) is 5.26 Å². The standard InChI is InChI=1S/C11H12FN3/c12-10-5-9(14)1-2-11(10)15-4-3-8(6-13)7-15/h1-2,5,8H,3-4,7,14H2. The van der Waals surface area contributed by atoms with Gasteiger partial charge in [-0.1, -0.05) is 0 Å². The van der Waals surface area contributed by atoms with Gasteiger partial charge in [-0.15, -0.1) is 0 Å². The summed E-state index contributed by atoms with van der Waals surface area (Å²) in [6, 6.07) is 6.87. The molecule has 78 valence electrons. The molecule has 1 aliphatic rings. The molecule has 2 rings (SSSR count). The van der Waals surface area contributed by atoms with Gasteiger partial charge >= 0.3 is 0 Å². The zero-order valence-corrected chi connectivity index (χ0v) is 8.28. The Morgan fingerprint density at radius 3 is 2.93 bits per heavy atom. The van der Waals surface area contributed by atoms with E-state index in [2.05, 4.69) is 6.07 Å². The van der Waals surface area contributed by atoms with Gasteiger partial charge in [-0.2, -0.15) is 5.26 Å². The van der Waals surface area contributed by atoms with Crippen LogP contribution in [-0.4, -0.2) is 13.1 Å². The molecule has 1 saturated heterocycles. The summed E-state index contributed by atoms with van der Waals surface area (Å²) in [5.74, 6) is -0.296. The fourth-order valence-electron chi connectivity index (χ4n) is 1.86. The number of hydrogen-bond acceptors (Lipinski definition) is 3. The van der Waals surface area contributed by atoms with Crippen molar-refractivity contribution in [3.05, 3.63) is 24.0 Å². The summed E-state index contributed by atoms with van der Waals surface area (Å²) < 4.78 is 13.5. The van der Waals surface area contributed by atoms with Gasteiger partial charge in [0.2, 0.25) is 0 Å². The lowest BCUT2D eigenvalue weighted by molar-refractivity contribution is 0.623. The Bertz CT molecular complexity index is 411. The van der Waals surface area contributed by atoms with Crippen LogP contribution in [0.5, 0.6) is 0 Å². The minimum absolute atomic E-state index is 0.0157. The molecule has 4 heteroatoms. The fourth-order valence-corrected chi connectivity index (χ4v) is 1.86. The maximum atomic E-state index is 13.5. The number of benzene rings is 1. The first-order valence-electron chi connectivity index (χ1n) is 4.90. The molecule has 1 aromatic rings. The SMILES string of the molecule is N#CC1CCN(c2ccc(N)cc2F)C1. The number of nitriles is 1. The highest BCUT2D eigenvalue weighted by atomic mass is 19.1. The molecular weight excluding hydrogens is 193 g/mol. The first-order chi connectivity index (χ1) is 7.20. The number of halogens is 1. The van der Waals surface area contributed by atoms with Crippen LogP contribution >= 0.6 is 0 Å². The number of rotatable bonds is 1. The van der Waals surface area contributed by atoms with E-state index in [1.807, 2.05) is 4.90 Å². The van der Waals surface area contributed by atoms with Crippen LogP contribution in [0.25, 0.3) is 0 Å². The molecule has 1 fully saturated rings. The van der Waals surface area contributed by atoms with E-state index < -0.39 is 0 Å². The first-order valence-corrected chi connectivity index (χ1v) is 4.90. The van der Waals surface area contributed by atoms with Crippen LogP contribution in [0.4, 0.5) is 15.8 Å². The van der Waals surface area contributed by atoms with Crippen LogP contribution in [0.15, 0.2) is 18.2 Å². The van der Waals surface area contributed by atoms with E-state index in [0.29, 0.717) is 17.9 Å². The minimum atomic E-state index is -0.311. The molecule has 1 aliphatic heterocycles. The van der Waals surface area contributed by atoms with Gasteiger partial charge in [0.05, 0.1) is 17.7 Å². The highest BCUT2D eigenvalue weighted by molar-refractivity contribution is 5.55. The summed E-state index contributed by atoms with van der Waals surface area (Å²) in [5, 5.41) is 8.75. The van der Waals surface area contributed by atoms with Gasteiger partial charge in [-0.25, -0.2) is 4.39 Å². The fraction of sp³-hybridized carbons (Fsp3) is 0.364. The highest BCUT2D eigenvalue weighted by Crippen LogP contribution is 2.27. The quantitative estimate of drug-likeness (QED) is 0.711. The molecule has 0 aromatic heterocycles. The molecule has 1 unspecified atom stereocenters. The summed E-state index contributed by atoms with van der Waals surface area (Å²) in [6.07, 6.45) is 0.806. The molecule has 0 saturated carbocycles. The number of anilines is 2. The van der Waals surface area contributed by atoms with Gasteiger partial charge in [0, 0.05) is 18.8 Å². The highest BCUT2D eigenvalue weighted by Gasteiger charge is 2.23. The van der Waals surface area contributed by atoms with E-state index in [4.69, 9.17) is 11.0 Å². The second kappa shape index (κ2) is 3.77. The van der Waals surface area contributed by atoms with Crippen molar-refractivity contribution in [2.45, 2.75) is 6.42 Å². The van der Waals surface area contributed by atoms with Crippen LogP contribution in [0, 0.1) is 23.1 Å². The summed E-state index contributed by atoms with van der Waals surface area (Å²) in [5.41, 5.74) is 6.44. The van der Waals surface area contributed by atoms with Crippen LogP contribution in [0.1, 0.15) is 6.42 Å². The molecule has 1 atom stereocenters. The van der Waals surface area contributed by atoms with Gasteiger partial charge < -0.3 is 10.6 Å². The van der Waals surface area contributed by atoms with E-state index >= 15 is 0 Å². The second-order valence-electron chi connectivity index (χ2n) is 3.77. The molecule has 2 N–H and O–H groups in total. The lowest BCUT2D eigenvalue weighted by Gasteiger charge is -2.18. The van der Waals surface area contributed by atoms with Crippen molar-refractivity contribution in [3.8, 4) is 6.07 Å². The number of nitrogens with zero attached hydrogens (tertiary/aromatic N) is 2. The third-order valence-electron chi connectivity index (χ3n) is 2.68. The topological polar surface area (TPSA) is 53.0 Å². The molecule has 0 radical (unpaired) electrons. The van der Waals surface area contributed by atoms with Crippen molar-refractivity contribution < 1.29 is 4.39 Å².